The number of non-ortho nitro benzene ring substituents is 1. The van der Waals surface area contributed by atoms with Gasteiger partial charge >= 0.3 is 0 Å². The lowest BCUT2D eigenvalue weighted by molar-refractivity contribution is -0.385. The van der Waals surface area contributed by atoms with E-state index in [2.05, 4.69) is 0 Å². The van der Waals surface area contributed by atoms with Gasteiger partial charge in [-0.1, -0.05) is 31.4 Å². The van der Waals surface area contributed by atoms with Gasteiger partial charge in [0, 0.05) is 28.8 Å². The zero-order valence-corrected chi connectivity index (χ0v) is 22.7. The molecule has 4 atom stereocenters. The number of Topliss-reactive ketones (excluding diaryl/α,β-unsaturated/α-hetero) is 1. The molecule has 0 radical (unpaired) electrons. The second-order valence-electron chi connectivity index (χ2n) is 10.5. The number of benzene rings is 1. The smallest absolute Gasteiger partial charge is 0.269 e. The molecule has 204 valence electrons. The number of ketones is 1. The van der Waals surface area contributed by atoms with Gasteiger partial charge in [-0.25, -0.2) is 0 Å². The summed E-state index contributed by atoms with van der Waals surface area (Å²) in [6.45, 7) is 3.63. The predicted molar refractivity (Wildman–Crippen MR) is 145 cm³/mol. The number of likely N-dealkylation sites (tertiary alicyclic amines) is 1. The molecule has 1 saturated heterocycles. The molecule has 2 N–H and O–H groups in total. The van der Waals surface area contributed by atoms with E-state index in [1.54, 1.807) is 25.1 Å². The summed E-state index contributed by atoms with van der Waals surface area (Å²) in [6, 6.07) is 9.11. The Morgan fingerprint density at radius 1 is 1.08 bits per heavy atom. The Morgan fingerprint density at radius 2 is 1.82 bits per heavy atom. The second-order valence-corrected chi connectivity index (χ2v) is 11.5. The minimum Gasteiger partial charge on any atom is -0.458 e. The van der Waals surface area contributed by atoms with Gasteiger partial charge < -0.3 is 15.1 Å². The fourth-order valence-electron chi connectivity index (χ4n) is 6.32. The number of nitro groups is 1. The third-order valence-electron chi connectivity index (χ3n) is 8.08. The number of aryl methyl sites for hydroxylation is 2. The Bertz CT molecular complexity index is 1420. The third-order valence-corrected chi connectivity index (χ3v) is 9.20. The maximum Gasteiger partial charge on any atom is 0.269 e. The number of amides is 2. The molecule has 4 unspecified atom stereocenters. The number of nitrogens with zero attached hydrogens (tertiary/aromatic N) is 2. The summed E-state index contributed by atoms with van der Waals surface area (Å²) in [5.41, 5.74) is 7.19. The number of thiophene rings is 1. The van der Waals surface area contributed by atoms with Crippen LogP contribution >= 0.6 is 11.3 Å². The minimum absolute atomic E-state index is 0.113. The number of rotatable bonds is 7. The number of nitro benzene ring substituents is 1. The number of furan rings is 1. The van der Waals surface area contributed by atoms with Crippen molar-refractivity contribution in [2.45, 2.75) is 64.0 Å². The van der Waals surface area contributed by atoms with Crippen molar-refractivity contribution in [3.8, 4) is 0 Å². The van der Waals surface area contributed by atoms with Crippen LogP contribution in [0.1, 0.15) is 76.4 Å². The molecule has 1 aliphatic carbocycles. The molecule has 9 nitrogen and oxygen atoms in total. The van der Waals surface area contributed by atoms with Gasteiger partial charge in [-0.2, -0.15) is 0 Å². The molecule has 3 heterocycles. The number of hydrogen-bond acceptors (Lipinski definition) is 7. The van der Waals surface area contributed by atoms with E-state index in [0.29, 0.717) is 24.2 Å². The quantitative estimate of drug-likeness (QED) is 0.236. The zero-order chi connectivity index (χ0) is 27.8. The average molecular weight is 550 g/mol. The van der Waals surface area contributed by atoms with Crippen LogP contribution in [0.25, 0.3) is 0 Å². The molecule has 39 heavy (non-hydrogen) atoms. The van der Waals surface area contributed by atoms with E-state index in [9.17, 15) is 24.5 Å². The summed E-state index contributed by atoms with van der Waals surface area (Å²) in [5, 5.41) is 13.6. The van der Waals surface area contributed by atoms with E-state index in [-0.39, 0.29) is 29.1 Å². The highest BCUT2D eigenvalue weighted by Gasteiger charge is 2.58. The lowest BCUT2D eigenvalue weighted by Gasteiger charge is -2.34. The van der Waals surface area contributed by atoms with Crippen molar-refractivity contribution in [2.24, 2.45) is 17.6 Å². The first-order valence-corrected chi connectivity index (χ1v) is 14.1. The molecule has 1 aromatic carbocycles. The van der Waals surface area contributed by atoms with Crippen LogP contribution in [-0.2, 0) is 9.59 Å². The van der Waals surface area contributed by atoms with Gasteiger partial charge in [-0.05, 0) is 61.4 Å². The molecule has 1 aliphatic heterocycles. The summed E-state index contributed by atoms with van der Waals surface area (Å²) >= 11 is 1.41. The molecular formula is C29H31N3O6S. The highest BCUT2D eigenvalue weighted by atomic mass is 32.1. The predicted octanol–water partition coefficient (Wildman–Crippen LogP) is 5.47. The number of primary amides is 1. The maximum atomic E-state index is 14.3. The van der Waals surface area contributed by atoms with Crippen LogP contribution in [0.2, 0.25) is 0 Å². The number of hydrogen-bond donors (Lipinski definition) is 1. The molecule has 0 spiro atoms. The van der Waals surface area contributed by atoms with Crippen LogP contribution < -0.4 is 5.73 Å². The third kappa shape index (κ3) is 4.89. The molecule has 2 aromatic heterocycles. The van der Waals surface area contributed by atoms with E-state index in [1.165, 1.54) is 34.4 Å². The van der Waals surface area contributed by atoms with Gasteiger partial charge in [0.25, 0.3) is 5.69 Å². The largest absolute Gasteiger partial charge is 0.458 e. The van der Waals surface area contributed by atoms with Crippen molar-refractivity contribution in [3.05, 3.63) is 85.5 Å². The first-order chi connectivity index (χ1) is 18.7. The van der Waals surface area contributed by atoms with Crippen LogP contribution in [-0.4, -0.2) is 33.5 Å². The first kappa shape index (κ1) is 26.8. The van der Waals surface area contributed by atoms with Crippen LogP contribution in [0.3, 0.4) is 0 Å². The molecule has 2 fully saturated rings. The van der Waals surface area contributed by atoms with Gasteiger partial charge in [0.05, 0.1) is 16.9 Å². The molecule has 10 heteroatoms. The van der Waals surface area contributed by atoms with Gasteiger partial charge in [-0.3, -0.25) is 24.5 Å². The Kier molecular flexibility index (Phi) is 7.40. The van der Waals surface area contributed by atoms with Crippen molar-refractivity contribution >= 4 is 34.6 Å². The minimum atomic E-state index is -1.11. The van der Waals surface area contributed by atoms with Crippen molar-refractivity contribution in [1.82, 2.24) is 4.90 Å². The topological polar surface area (TPSA) is 137 Å². The first-order valence-electron chi connectivity index (χ1n) is 13.2. The Labute approximate surface area is 230 Å². The molecular weight excluding hydrogens is 518 g/mol. The van der Waals surface area contributed by atoms with E-state index in [1.807, 2.05) is 18.4 Å². The van der Waals surface area contributed by atoms with Gasteiger partial charge in [0.2, 0.25) is 17.6 Å². The van der Waals surface area contributed by atoms with Crippen LogP contribution in [0.4, 0.5) is 5.69 Å². The summed E-state index contributed by atoms with van der Waals surface area (Å²) in [6.07, 6.45) is 4.19. The van der Waals surface area contributed by atoms with Gasteiger partial charge in [0.15, 0.2) is 5.76 Å². The number of carbonyl (C=O) groups excluding carboxylic acids is 3. The Morgan fingerprint density at radius 3 is 2.41 bits per heavy atom. The van der Waals surface area contributed by atoms with Crippen LogP contribution in [0.15, 0.2) is 52.3 Å². The summed E-state index contributed by atoms with van der Waals surface area (Å²) in [4.78, 5) is 55.3. The fraction of sp³-hybridized carbons (Fsp3) is 0.414. The molecule has 5 rings (SSSR count). The summed E-state index contributed by atoms with van der Waals surface area (Å²) in [7, 11) is 0. The monoisotopic (exact) mass is 549 g/mol. The molecule has 2 aliphatic rings. The van der Waals surface area contributed by atoms with Crippen LogP contribution in [0.5, 0.6) is 0 Å². The molecule has 1 saturated carbocycles. The van der Waals surface area contributed by atoms with Crippen molar-refractivity contribution in [2.75, 3.05) is 0 Å². The van der Waals surface area contributed by atoms with Crippen molar-refractivity contribution in [3.63, 3.8) is 0 Å². The van der Waals surface area contributed by atoms with E-state index >= 15 is 0 Å². The van der Waals surface area contributed by atoms with E-state index in [0.717, 1.165) is 29.7 Å². The molecule has 0 bridgehead atoms. The highest BCUT2D eigenvalue weighted by molar-refractivity contribution is 7.10. The molecule has 2 amide bonds. The average Bonchev–Trinajstić information content (AvgIpc) is 3.64. The second kappa shape index (κ2) is 10.8. The zero-order valence-electron chi connectivity index (χ0n) is 21.9. The maximum absolute atomic E-state index is 14.3. The normalized spacial score (nSPS) is 23.6. The lowest BCUT2D eigenvalue weighted by Crippen LogP contribution is -2.49. The lowest BCUT2D eigenvalue weighted by atomic mass is 9.79. The summed E-state index contributed by atoms with van der Waals surface area (Å²) < 4.78 is 5.73. The van der Waals surface area contributed by atoms with Crippen LogP contribution in [0, 0.1) is 35.8 Å². The van der Waals surface area contributed by atoms with Gasteiger partial charge in [0.1, 0.15) is 11.8 Å². The highest BCUT2D eigenvalue weighted by Crippen LogP contribution is 2.54. The van der Waals surface area contributed by atoms with E-state index < -0.39 is 34.7 Å². The van der Waals surface area contributed by atoms with E-state index in [4.69, 9.17) is 10.2 Å². The fourth-order valence-corrected chi connectivity index (χ4v) is 7.43. The summed E-state index contributed by atoms with van der Waals surface area (Å²) in [5.74, 6) is -2.65. The standard InChI is InChI=1S/C29H31N3O6S/c1-16-13-14-39-27(16)23-22(26(33)21-12-11-17(2)38-21)24(19-9-6-10-20(15-19)32(36)37)31(25(23)28(30)34)29(35)18-7-4-3-5-8-18/h6,9-15,18,22-25H,3-5,7-8H2,1-2H3,(H2,30,34). The Balaban J connectivity index is 1.75. The van der Waals surface area contributed by atoms with Gasteiger partial charge in [-0.15, -0.1) is 11.3 Å². The number of nitrogens with two attached hydrogens (primary N) is 1. The molecule has 3 aromatic rings. The SMILES string of the molecule is Cc1ccc(C(=O)C2C(c3sccc3C)C(C(N)=O)N(C(=O)C3CCCCC3)C2c2cccc([N+](=O)[O-])c2)o1. The van der Waals surface area contributed by atoms with Crippen molar-refractivity contribution < 1.29 is 23.7 Å². The van der Waals surface area contributed by atoms with Crippen molar-refractivity contribution in [1.29, 1.82) is 0 Å². The Hall–Kier alpha value is -3.79. The number of carbonyl (C=O) groups is 3.